The van der Waals surface area contributed by atoms with E-state index in [1.165, 1.54) is 0 Å². The summed E-state index contributed by atoms with van der Waals surface area (Å²) in [5, 5.41) is 9.07. The molecule has 0 fully saturated rings. The fourth-order valence-corrected chi connectivity index (χ4v) is 2.53. The van der Waals surface area contributed by atoms with Gasteiger partial charge in [-0.1, -0.05) is 54.6 Å². The number of aliphatic hydroxyl groups is 1. The Labute approximate surface area is 164 Å². The van der Waals surface area contributed by atoms with Gasteiger partial charge in [-0.3, -0.25) is 10.3 Å². The van der Waals surface area contributed by atoms with E-state index in [4.69, 9.17) is 19.4 Å². The number of rotatable bonds is 9. The van der Waals surface area contributed by atoms with Crippen LogP contribution in [0.5, 0.6) is 11.5 Å². The van der Waals surface area contributed by atoms with Crippen molar-refractivity contribution < 1.29 is 19.4 Å². The second kappa shape index (κ2) is 10.2. The zero-order valence-electron chi connectivity index (χ0n) is 15.7. The summed E-state index contributed by atoms with van der Waals surface area (Å²) in [6.07, 6.45) is 1.62. The molecule has 3 aromatic carbocycles. The molecule has 2 N–H and O–H groups in total. The Morgan fingerprint density at radius 3 is 2.14 bits per heavy atom. The van der Waals surface area contributed by atoms with Crippen molar-refractivity contribution in [3.63, 3.8) is 0 Å². The minimum absolute atomic E-state index is 0.0298. The smallest absolute Gasteiger partial charge is 0.126 e. The van der Waals surface area contributed by atoms with Crippen molar-refractivity contribution >= 4 is 5.70 Å². The summed E-state index contributed by atoms with van der Waals surface area (Å²) in [5.74, 6) is 1.47. The highest BCUT2D eigenvalue weighted by Crippen LogP contribution is 2.18. The van der Waals surface area contributed by atoms with Crippen molar-refractivity contribution in [1.82, 2.24) is 5.48 Å². The predicted octanol–water partition coefficient (Wildman–Crippen LogP) is 4.29. The highest BCUT2D eigenvalue weighted by molar-refractivity contribution is 5.62. The van der Waals surface area contributed by atoms with Gasteiger partial charge in [-0.05, 0) is 35.4 Å². The number of benzene rings is 3. The molecule has 0 unspecified atom stereocenters. The van der Waals surface area contributed by atoms with Gasteiger partial charge in [-0.2, -0.15) is 0 Å². The second-order valence-electron chi connectivity index (χ2n) is 6.06. The van der Waals surface area contributed by atoms with Gasteiger partial charge >= 0.3 is 0 Å². The van der Waals surface area contributed by atoms with Crippen LogP contribution in [-0.2, 0) is 18.1 Å². The summed E-state index contributed by atoms with van der Waals surface area (Å²) >= 11 is 0. The largest absolute Gasteiger partial charge is 0.489 e. The second-order valence-corrected chi connectivity index (χ2v) is 6.06. The summed E-state index contributed by atoms with van der Waals surface area (Å²) in [4.78, 5) is 5.03. The average molecular weight is 377 g/mol. The lowest BCUT2D eigenvalue weighted by Crippen LogP contribution is -2.11. The normalized spacial score (nSPS) is 11.1. The van der Waals surface area contributed by atoms with Crippen molar-refractivity contribution in [2.45, 2.75) is 13.2 Å². The third kappa shape index (κ3) is 5.61. The van der Waals surface area contributed by atoms with Gasteiger partial charge in [0.2, 0.25) is 0 Å². The third-order valence-electron chi connectivity index (χ3n) is 4.04. The molecule has 0 radical (unpaired) electrons. The molecule has 0 aromatic heterocycles. The van der Waals surface area contributed by atoms with Gasteiger partial charge < -0.3 is 14.6 Å². The molecule has 3 rings (SSSR count). The molecule has 3 aromatic rings. The summed E-state index contributed by atoms with van der Waals surface area (Å²) in [6.45, 7) is 0.483. The van der Waals surface area contributed by atoms with E-state index < -0.39 is 0 Å². The van der Waals surface area contributed by atoms with Gasteiger partial charge in [0.15, 0.2) is 0 Å². The molecule has 0 spiro atoms. The average Bonchev–Trinajstić information content (AvgIpc) is 2.77. The summed E-state index contributed by atoms with van der Waals surface area (Å²) in [6, 6.07) is 24.9. The molecular weight excluding hydrogens is 354 g/mol. The number of aliphatic hydroxyl groups excluding tert-OH is 1. The Kier molecular flexibility index (Phi) is 7.07. The highest BCUT2D eigenvalue weighted by atomic mass is 16.6. The van der Waals surface area contributed by atoms with Crippen LogP contribution in [0.3, 0.4) is 0 Å². The van der Waals surface area contributed by atoms with Gasteiger partial charge in [-0.15, -0.1) is 0 Å². The van der Waals surface area contributed by atoms with E-state index in [2.05, 4.69) is 5.48 Å². The lowest BCUT2D eigenvalue weighted by molar-refractivity contribution is 0.135. The van der Waals surface area contributed by atoms with E-state index in [1.807, 2.05) is 78.9 Å². The van der Waals surface area contributed by atoms with Crippen LogP contribution in [0.25, 0.3) is 5.70 Å². The first-order valence-corrected chi connectivity index (χ1v) is 8.91. The minimum Gasteiger partial charge on any atom is -0.489 e. The van der Waals surface area contributed by atoms with Crippen LogP contribution in [0.2, 0.25) is 0 Å². The number of hydroxylamine groups is 1. The molecule has 0 bridgehead atoms. The molecule has 5 nitrogen and oxygen atoms in total. The number of hydrogen-bond donors (Lipinski definition) is 2. The van der Waals surface area contributed by atoms with E-state index in [1.54, 1.807) is 13.4 Å². The zero-order chi connectivity index (χ0) is 19.6. The van der Waals surface area contributed by atoms with Crippen LogP contribution in [0.15, 0.2) is 85.1 Å². The molecule has 0 saturated carbocycles. The number of nitrogens with one attached hydrogen (secondary N) is 1. The van der Waals surface area contributed by atoms with Gasteiger partial charge in [0, 0.05) is 5.56 Å². The van der Waals surface area contributed by atoms with Gasteiger partial charge in [0.1, 0.15) is 30.1 Å². The molecule has 5 heteroatoms. The first-order chi connectivity index (χ1) is 13.8. The fourth-order valence-electron chi connectivity index (χ4n) is 2.53. The number of ether oxygens (including phenoxy) is 2. The van der Waals surface area contributed by atoms with Crippen molar-refractivity contribution in [2.24, 2.45) is 0 Å². The maximum atomic E-state index is 9.07. The van der Waals surface area contributed by atoms with Gasteiger partial charge in [-0.25, -0.2) is 0 Å². The van der Waals surface area contributed by atoms with Crippen molar-refractivity contribution in [1.29, 1.82) is 0 Å². The van der Waals surface area contributed by atoms with E-state index in [0.717, 1.165) is 28.1 Å². The van der Waals surface area contributed by atoms with E-state index >= 15 is 0 Å². The SMILES string of the molecule is CONC(=COc1ccc(COc2ccc(CO)cc2)cc1)c1ccccc1. The quantitative estimate of drug-likeness (QED) is 0.430. The fraction of sp³-hybridized carbons (Fsp3) is 0.130. The Morgan fingerprint density at radius 2 is 1.50 bits per heavy atom. The lowest BCUT2D eigenvalue weighted by atomic mass is 10.2. The van der Waals surface area contributed by atoms with Crippen LogP contribution in [0.4, 0.5) is 0 Å². The van der Waals surface area contributed by atoms with Crippen molar-refractivity contribution in [3.8, 4) is 11.5 Å². The Morgan fingerprint density at radius 1 is 0.857 bits per heavy atom. The highest BCUT2D eigenvalue weighted by Gasteiger charge is 2.02. The van der Waals surface area contributed by atoms with E-state index in [0.29, 0.717) is 12.4 Å². The van der Waals surface area contributed by atoms with Crippen LogP contribution in [0.1, 0.15) is 16.7 Å². The Bertz CT molecular complexity index is 875. The van der Waals surface area contributed by atoms with Crippen LogP contribution >= 0.6 is 0 Å². The predicted molar refractivity (Wildman–Crippen MR) is 108 cm³/mol. The molecule has 0 heterocycles. The molecule has 144 valence electrons. The minimum atomic E-state index is 0.0298. The molecule has 0 atom stereocenters. The maximum absolute atomic E-state index is 9.07. The zero-order valence-corrected chi connectivity index (χ0v) is 15.7. The first kappa shape index (κ1) is 19.5. The van der Waals surface area contributed by atoms with Crippen LogP contribution in [-0.4, -0.2) is 12.2 Å². The summed E-state index contributed by atoms with van der Waals surface area (Å²) in [5.41, 5.74) is 6.40. The Balaban J connectivity index is 1.58. The van der Waals surface area contributed by atoms with Crippen LogP contribution in [0, 0.1) is 0 Å². The lowest BCUT2D eigenvalue weighted by Gasteiger charge is -2.10. The van der Waals surface area contributed by atoms with Crippen LogP contribution < -0.4 is 15.0 Å². The van der Waals surface area contributed by atoms with E-state index in [-0.39, 0.29) is 6.61 Å². The molecule has 0 aliphatic heterocycles. The summed E-state index contributed by atoms with van der Waals surface area (Å²) in [7, 11) is 1.56. The third-order valence-corrected chi connectivity index (χ3v) is 4.04. The van der Waals surface area contributed by atoms with Crippen molar-refractivity contribution in [2.75, 3.05) is 7.11 Å². The van der Waals surface area contributed by atoms with Gasteiger partial charge in [0.05, 0.1) is 13.7 Å². The molecule has 0 saturated heterocycles. The van der Waals surface area contributed by atoms with Gasteiger partial charge in [0.25, 0.3) is 0 Å². The Hall–Kier alpha value is -3.28. The number of hydrogen-bond acceptors (Lipinski definition) is 5. The first-order valence-electron chi connectivity index (χ1n) is 8.91. The monoisotopic (exact) mass is 377 g/mol. The maximum Gasteiger partial charge on any atom is 0.126 e. The van der Waals surface area contributed by atoms with Crippen molar-refractivity contribution in [3.05, 3.63) is 102 Å². The van der Waals surface area contributed by atoms with E-state index in [9.17, 15) is 0 Å². The topological polar surface area (TPSA) is 60.0 Å². The molecule has 28 heavy (non-hydrogen) atoms. The standard InChI is InChI=1S/C23H23NO4/c1-26-24-23(20-5-3-2-4-6-20)17-28-22-13-9-19(10-14-22)16-27-21-11-7-18(15-25)8-12-21/h2-14,17,24-25H,15-16H2,1H3. The molecule has 0 aliphatic rings. The molecule has 0 amide bonds. The molecular formula is C23H23NO4. The molecule has 0 aliphatic carbocycles. The summed E-state index contributed by atoms with van der Waals surface area (Å²) < 4.78 is 11.5.